The van der Waals surface area contributed by atoms with Gasteiger partial charge < -0.3 is 0 Å². The van der Waals surface area contributed by atoms with Gasteiger partial charge in [0.15, 0.2) is 5.78 Å². The third kappa shape index (κ3) is 1.70. The first-order valence-electron chi connectivity index (χ1n) is 4.52. The van der Waals surface area contributed by atoms with Crippen LogP contribution in [0, 0.1) is 5.92 Å². The standard InChI is InChI=1S/C10H16O/c1-3-5-9-8(4-2)6-7-10(9)11/h5,8H,3-4,6-7H2,1-2H3/b9-5+. The van der Waals surface area contributed by atoms with Crippen LogP contribution in [0.25, 0.3) is 0 Å². The van der Waals surface area contributed by atoms with Crippen LogP contribution < -0.4 is 0 Å². The van der Waals surface area contributed by atoms with Crippen molar-refractivity contribution in [2.75, 3.05) is 0 Å². The summed E-state index contributed by atoms with van der Waals surface area (Å²) in [4.78, 5) is 11.3. The van der Waals surface area contributed by atoms with Crippen LogP contribution in [0.15, 0.2) is 11.6 Å². The Bertz CT molecular complexity index is 179. The summed E-state index contributed by atoms with van der Waals surface area (Å²) in [6.45, 7) is 4.25. The van der Waals surface area contributed by atoms with Crippen molar-refractivity contribution in [1.82, 2.24) is 0 Å². The summed E-state index contributed by atoms with van der Waals surface area (Å²) in [5.41, 5.74) is 1.11. The Hall–Kier alpha value is -0.590. The summed E-state index contributed by atoms with van der Waals surface area (Å²) in [6.07, 6.45) is 6.09. The molecule has 1 heteroatoms. The highest BCUT2D eigenvalue weighted by Crippen LogP contribution is 2.30. The SMILES string of the molecule is CC/C=C1/C(=O)CCC1CC. The third-order valence-electron chi connectivity index (χ3n) is 2.40. The van der Waals surface area contributed by atoms with Crippen molar-refractivity contribution in [1.29, 1.82) is 0 Å². The zero-order chi connectivity index (χ0) is 8.27. The molecular weight excluding hydrogens is 136 g/mol. The van der Waals surface area contributed by atoms with Gasteiger partial charge in [0.25, 0.3) is 0 Å². The number of Topliss-reactive ketones (excluding diaryl/α,β-unsaturated/α-hetero) is 1. The normalized spacial score (nSPS) is 28.4. The van der Waals surface area contributed by atoms with Gasteiger partial charge in [0.05, 0.1) is 0 Å². The molecule has 0 aromatic rings. The van der Waals surface area contributed by atoms with Gasteiger partial charge in [0.2, 0.25) is 0 Å². The van der Waals surface area contributed by atoms with E-state index < -0.39 is 0 Å². The van der Waals surface area contributed by atoms with Crippen molar-refractivity contribution in [3.05, 3.63) is 11.6 Å². The molecule has 1 unspecified atom stereocenters. The van der Waals surface area contributed by atoms with Crippen LogP contribution in [-0.2, 0) is 4.79 Å². The van der Waals surface area contributed by atoms with Gasteiger partial charge in [-0.25, -0.2) is 0 Å². The molecule has 0 saturated heterocycles. The second-order valence-electron chi connectivity index (χ2n) is 3.13. The van der Waals surface area contributed by atoms with Crippen molar-refractivity contribution in [2.45, 2.75) is 39.5 Å². The number of hydrogen-bond acceptors (Lipinski definition) is 1. The average molecular weight is 152 g/mol. The van der Waals surface area contributed by atoms with E-state index in [1.54, 1.807) is 0 Å². The van der Waals surface area contributed by atoms with Gasteiger partial charge >= 0.3 is 0 Å². The van der Waals surface area contributed by atoms with Gasteiger partial charge in [-0.05, 0) is 30.8 Å². The minimum absolute atomic E-state index is 0.388. The molecule has 1 fully saturated rings. The Morgan fingerprint density at radius 2 is 2.27 bits per heavy atom. The molecule has 62 valence electrons. The number of allylic oxidation sites excluding steroid dienone is 2. The molecule has 0 bridgehead atoms. The molecule has 0 aliphatic heterocycles. The molecule has 1 nitrogen and oxygen atoms in total. The van der Waals surface area contributed by atoms with Crippen LogP contribution in [0.5, 0.6) is 0 Å². The molecular formula is C10H16O. The molecule has 1 rings (SSSR count). The fourth-order valence-electron chi connectivity index (χ4n) is 1.76. The number of carbonyl (C=O) groups is 1. The lowest BCUT2D eigenvalue weighted by atomic mass is 9.99. The molecule has 0 amide bonds. The maximum Gasteiger partial charge on any atom is 0.158 e. The van der Waals surface area contributed by atoms with Crippen LogP contribution in [-0.4, -0.2) is 5.78 Å². The molecule has 1 aliphatic carbocycles. The van der Waals surface area contributed by atoms with Gasteiger partial charge in [0.1, 0.15) is 0 Å². The first kappa shape index (κ1) is 8.51. The molecule has 1 aliphatic rings. The Kier molecular flexibility index (Phi) is 2.86. The minimum Gasteiger partial charge on any atom is -0.295 e. The predicted molar refractivity (Wildman–Crippen MR) is 46.4 cm³/mol. The van der Waals surface area contributed by atoms with Gasteiger partial charge in [-0.1, -0.05) is 19.9 Å². The van der Waals surface area contributed by atoms with E-state index in [2.05, 4.69) is 19.9 Å². The maximum atomic E-state index is 11.3. The molecule has 11 heavy (non-hydrogen) atoms. The van der Waals surface area contributed by atoms with Crippen molar-refractivity contribution in [3.63, 3.8) is 0 Å². The second-order valence-corrected chi connectivity index (χ2v) is 3.13. The van der Waals surface area contributed by atoms with Gasteiger partial charge in [-0.2, -0.15) is 0 Å². The van der Waals surface area contributed by atoms with Crippen molar-refractivity contribution >= 4 is 5.78 Å². The number of ketones is 1. The van der Waals surface area contributed by atoms with Gasteiger partial charge in [-0.15, -0.1) is 0 Å². The van der Waals surface area contributed by atoms with Crippen LogP contribution in [0.4, 0.5) is 0 Å². The first-order chi connectivity index (χ1) is 5.29. The molecule has 1 saturated carbocycles. The van der Waals surface area contributed by atoms with Gasteiger partial charge in [0, 0.05) is 6.42 Å². The Labute approximate surface area is 68.5 Å². The first-order valence-corrected chi connectivity index (χ1v) is 4.52. The van der Waals surface area contributed by atoms with Crippen molar-refractivity contribution < 1.29 is 4.79 Å². The molecule has 1 atom stereocenters. The highest BCUT2D eigenvalue weighted by molar-refractivity contribution is 5.97. The zero-order valence-corrected chi connectivity index (χ0v) is 7.39. The lowest BCUT2D eigenvalue weighted by Crippen LogP contribution is -1.99. The summed E-state index contributed by atoms with van der Waals surface area (Å²) in [5.74, 6) is 0.959. The quantitative estimate of drug-likeness (QED) is 0.556. The van der Waals surface area contributed by atoms with E-state index >= 15 is 0 Å². The van der Waals surface area contributed by atoms with Crippen LogP contribution >= 0.6 is 0 Å². The predicted octanol–water partition coefficient (Wildman–Crippen LogP) is 2.71. The van der Waals surface area contributed by atoms with E-state index in [-0.39, 0.29) is 0 Å². The summed E-state index contributed by atoms with van der Waals surface area (Å²) >= 11 is 0. The van der Waals surface area contributed by atoms with E-state index in [9.17, 15) is 4.79 Å². The van der Waals surface area contributed by atoms with Gasteiger partial charge in [-0.3, -0.25) is 4.79 Å². The van der Waals surface area contributed by atoms with E-state index in [0.717, 1.165) is 31.3 Å². The summed E-state index contributed by atoms with van der Waals surface area (Å²) in [7, 11) is 0. The molecule has 0 radical (unpaired) electrons. The minimum atomic E-state index is 0.388. The second kappa shape index (κ2) is 3.70. The maximum absolute atomic E-state index is 11.3. The molecule has 0 N–H and O–H groups in total. The van der Waals surface area contributed by atoms with E-state index in [0.29, 0.717) is 11.7 Å². The van der Waals surface area contributed by atoms with Crippen LogP contribution in [0.1, 0.15) is 39.5 Å². The highest BCUT2D eigenvalue weighted by atomic mass is 16.1. The molecule has 0 heterocycles. The fourth-order valence-corrected chi connectivity index (χ4v) is 1.76. The third-order valence-corrected chi connectivity index (χ3v) is 2.40. The number of hydrogen-bond donors (Lipinski definition) is 0. The summed E-state index contributed by atoms with van der Waals surface area (Å²) < 4.78 is 0. The lowest BCUT2D eigenvalue weighted by molar-refractivity contribution is -0.114. The Morgan fingerprint density at radius 1 is 1.55 bits per heavy atom. The molecule has 0 aromatic carbocycles. The number of carbonyl (C=O) groups excluding carboxylic acids is 1. The van der Waals surface area contributed by atoms with E-state index in [1.807, 2.05) is 0 Å². The Balaban J connectivity index is 2.71. The monoisotopic (exact) mass is 152 g/mol. The number of rotatable bonds is 2. The zero-order valence-electron chi connectivity index (χ0n) is 7.39. The van der Waals surface area contributed by atoms with E-state index in [4.69, 9.17) is 0 Å². The van der Waals surface area contributed by atoms with Crippen LogP contribution in [0.3, 0.4) is 0 Å². The molecule has 0 aromatic heterocycles. The largest absolute Gasteiger partial charge is 0.295 e. The van der Waals surface area contributed by atoms with Crippen LogP contribution in [0.2, 0.25) is 0 Å². The highest BCUT2D eigenvalue weighted by Gasteiger charge is 2.25. The Morgan fingerprint density at radius 3 is 2.82 bits per heavy atom. The van der Waals surface area contributed by atoms with Crippen molar-refractivity contribution in [2.24, 2.45) is 5.92 Å². The summed E-state index contributed by atoms with van der Waals surface area (Å²) in [6, 6.07) is 0. The topological polar surface area (TPSA) is 17.1 Å². The summed E-state index contributed by atoms with van der Waals surface area (Å²) in [5, 5.41) is 0. The van der Waals surface area contributed by atoms with E-state index in [1.165, 1.54) is 0 Å². The fraction of sp³-hybridized carbons (Fsp3) is 0.700. The average Bonchev–Trinajstić information content (AvgIpc) is 2.34. The molecule has 0 spiro atoms. The van der Waals surface area contributed by atoms with Crippen molar-refractivity contribution in [3.8, 4) is 0 Å². The lowest BCUT2D eigenvalue weighted by Gasteiger charge is -2.05. The smallest absolute Gasteiger partial charge is 0.158 e.